The number of benzene rings is 2. The van der Waals surface area contributed by atoms with Gasteiger partial charge in [0.1, 0.15) is 10.0 Å². The number of thiophene rings is 1. The van der Waals surface area contributed by atoms with E-state index < -0.39 is 10.0 Å². The van der Waals surface area contributed by atoms with E-state index in [0.29, 0.717) is 16.6 Å². The summed E-state index contributed by atoms with van der Waals surface area (Å²) >= 11 is 1.17. The minimum Gasteiger partial charge on any atom is -0.312 e. The van der Waals surface area contributed by atoms with Crippen LogP contribution in [0.3, 0.4) is 0 Å². The lowest BCUT2D eigenvalue weighted by atomic mass is 9.99. The van der Waals surface area contributed by atoms with Crippen molar-refractivity contribution in [3.8, 4) is 0 Å². The summed E-state index contributed by atoms with van der Waals surface area (Å²) in [7, 11) is -3.73. The maximum absolute atomic E-state index is 13.5. The molecule has 1 aliphatic rings. The molecule has 0 radical (unpaired) electrons. The normalized spacial score (nSPS) is 13.9. The molecule has 1 aliphatic heterocycles. The van der Waals surface area contributed by atoms with Gasteiger partial charge in [-0.25, -0.2) is 12.8 Å². The molecule has 4 nitrogen and oxygen atoms in total. The predicted molar refractivity (Wildman–Crippen MR) is 106 cm³/mol. The van der Waals surface area contributed by atoms with Crippen LogP contribution in [-0.4, -0.2) is 15.0 Å². The van der Waals surface area contributed by atoms with E-state index in [2.05, 4.69) is 10.0 Å². The number of anilines is 1. The third-order valence-electron chi connectivity index (χ3n) is 4.48. The smallest absolute Gasteiger partial charge is 0.271 e. The lowest BCUT2D eigenvalue weighted by Crippen LogP contribution is -2.25. The zero-order valence-corrected chi connectivity index (χ0v) is 16.5. The monoisotopic (exact) mass is 412 g/mol. The number of nitrogens with one attached hydrogen (secondary N) is 2. The number of rotatable bonds is 3. The van der Waals surface area contributed by atoms with Crippen LogP contribution >= 0.6 is 23.7 Å². The minimum absolute atomic E-state index is 0. The molecule has 0 amide bonds. The fourth-order valence-electron chi connectivity index (χ4n) is 3.25. The van der Waals surface area contributed by atoms with Crippen molar-refractivity contribution in [2.24, 2.45) is 0 Å². The zero-order valence-electron chi connectivity index (χ0n) is 14.0. The molecule has 0 fully saturated rings. The lowest BCUT2D eigenvalue weighted by Gasteiger charge is -2.20. The van der Waals surface area contributed by atoms with E-state index in [0.717, 1.165) is 35.3 Å². The van der Waals surface area contributed by atoms with Gasteiger partial charge in [0.25, 0.3) is 10.0 Å². The molecule has 2 aromatic carbocycles. The maximum Gasteiger partial charge on any atom is 0.271 e. The Bertz CT molecular complexity index is 1080. The van der Waals surface area contributed by atoms with Crippen molar-refractivity contribution in [1.82, 2.24) is 5.32 Å². The molecule has 3 aromatic rings. The molecule has 0 unspecified atom stereocenters. The number of aryl methyl sites for hydroxylation is 1. The third kappa shape index (κ3) is 3.32. The van der Waals surface area contributed by atoms with Gasteiger partial charge in [-0.05, 0) is 66.2 Å². The molecule has 138 valence electrons. The predicted octanol–water partition coefficient (Wildman–Crippen LogP) is 4.22. The Morgan fingerprint density at radius 3 is 2.85 bits per heavy atom. The second-order valence-electron chi connectivity index (χ2n) is 6.13. The summed E-state index contributed by atoms with van der Waals surface area (Å²) in [6.45, 7) is 3.29. The van der Waals surface area contributed by atoms with Crippen molar-refractivity contribution in [3.05, 3.63) is 58.9 Å². The Kier molecular flexibility index (Phi) is 5.25. The van der Waals surface area contributed by atoms with Gasteiger partial charge in [0, 0.05) is 11.2 Å². The average molecular weight is 413 g/mol. The first-order valence-corrected chi connectivity index (χ1v) is 10.3. The van der Waals surface area contributed by atoms with Crippen LogP contribution in [0, 0.1) is 12.7 Å². The number of hydrogen-bond donors (Lipinski definition) is 2. The number of fused-ring (bicyclic) bond motifs is 2. The fraction of sp³-hybridized carbons (Fsp3) is 0.222. The molecule has 0 bridgehead atoms. The Hall–Kier alpha value is -1.67. The van der Waals surface area contributed by atoms with Crippen molar-refractivity contribution in [2.45, 2.75) is 24.1 Å². The Balaban J connectivity index is 0.00000196. The molecule has 1 aromatic heterocycles. The van der Waals surface area contributed by atoms with E-state index in [4.69, 9.17) is 0 Å². The molecule has 0 aliphatic carbocycles. The molecule has 0 saturated heterocycles. The number of halogens is 2. The molecule has 4 rings (SSSR count). The van der Waals surface area contributed by atoms with Gasteiger partial charge >= 0.3 is 0 Å². The molecular weight excluding hydrogens is 395 g/mol. The van der Waals surface area contributed by atoms with Crippen molar-refractivity contribution in [3.63, 3.8) is 0 Å². The lowest BCUT2D eigenvalue weighted by molar-refractivity contribution is 0.602. The first kappa shape index (κ1) is 19.1. The van der Waals surface area contributed by atoms with Gasteiger partial charge < -0.3 is 5.32 Å². The molecule has 0 saturated carbocycles. The highest BCUT2D eigenvalue weighted by Gasteiger charge is 2.24. The maximum atomic E-state index is 13.5. The summed E-state index contributed by atoms with van der Waals surface area (Å²) in [4.78, 5) is 0. The Morgan fingerprint density at radius 1 is 1.23 bits per heavy atom. The van der Waals surface area contributed by atoms with Gasteiger partial charge in [-0.1, -0.05) is 12.1 Å². The first-order chi connectivity index (χ1) is 12.0. The van der Waals surface area contributed by atoms with Gasteiger partial charge in [0.05, 0.1) is 5.69 Å². The summed E-state index contributed by atoms with van der Waals surface area (Å²) in [5.74, 6) is -0.366. The molecule has 2 N–H and O–H groups in total. The van der Waals surface area contributed by atoms with Crippen molar-refractivity contribution in [2.75, 3.05) is 11.3 Å². The molecule has 2 heterocycles. The van der Waals surface area contributed by atoms with E-state index in [9.17, 15) is 12.8 Å². The fourth-order valence-corrected chi connectivity index (χ4v) is 6.09. The Morgan fingerprint density at radius 2 is 2.04 bits per heavy atom. The summed E-state index contributed by atoms with van der Waals surface area (Å²) in [5.41, 5.74) is 3.36. The quantitative estimate of drug-likeness (QED) is 0.677. The zero-order chi connectivity index (χ0) is 17.6. The summed E-state index contributed by atoms with van der Waals surface area (Å²) in [6.07, 6.45) is 0.782. The minimum atomic E-state index is -3.73. The van der Waals surface area contributed by atoms with E-state index in [1.54, 1.807) is 19.1 Å². The standard InChI is InChI=1S/C18H17FN2O2S2.ClH/c1-11-15-9-13(19)5-6-17(15)24-18(11)25(22,23)21-16-4-2-3-12-10-20-8-7-14(12)16;/h2-6,9,20-21H,7-8,10H2,1H3;1H. The van der Waals surface area contributed by atoms with Gasteiger partial charge in [-0.15, -0.1) is 23.7 Å². The highest BCUT2D eigenvalue weighted by molar-refractivity contribution is 7.94. The molecule has 0 spiro atoms. The van der Waals surface area contributed by atoms with E-state index in [1.165, 1.54) is 23.5 Å². The van der Waals surface area contributed by atoms with Gasteiger partial charge in [-0.3, -0.25) is 4.72 Å². The molecule has 8 heteroatoms. The largest absolute Gasteiger partial charge is 0.312 e. The van der Waals surface area contributed by atoms with E-state index >= 15 is 0 Å². The van der Waals surface area contributed by atoms with Crippen LogP contribution in [0.2, 0.25) is 0 Å². The van der Waals surface area contributed by atoms with Crippen LogP contribution in [0.1, 0.15) is 16.7 Å². The van der Waals surface area contributed by atoms with E-state index in [1.807, 2.05) is 12.1 Å². The van der Waals surface area contributed by atoms with E-state index in [-0.39, 0.29) is 22.4 Å². The SMILES string of the molecule is Cc1c(S(=O)(=O)Nc2cccc3c2CCNC3)sc2ccc(F)cc12.Cl. The van der Waals surface area contributed by atoms with Crippen molar-refractivity contribution >= 4 is 49.5 Å². The average Bonchev–Trinajstić information content (AvgIpc) is 2.92. The van der Waals surface area contributed by atoms with Crippen molar-refractivity contribution in [1.29, 1.82) is 0 Å². The van der Waals surface area contributed by atoms with Gasteiger partial charge in [0.15, 0.2) is 0 Å². The highest BCUT2D eigenvalue weighted by Crippen LogP contribution is 2.36. The highest BCUT2D eigenvalue weighted by atomic mass is 35.5. The number of sulfonamides is 1. The molecule has 0 atom stereocenters. The molecule has 26 heavy (non-hydrogen) atoms. The van der Waals surface area contributed by atoms with Crippen LogP contribution in [0.4, 0.5) is 10.1 Å². The summed E-state index contributed by atoms with van der Waals surface area (Å²) < 4.78 is 43.1. The summed E-state index contributed by atoms with van der Waals surface area (Å²) in [5, 5.41) is 3.93. The Labute approximate surface area is 161 Å². The second-order valence-corrected chi connectivity index (χ2v) is 9.06. The van der Waals surface area contributed by atoms with Crippen LogP contribution in [0.25, 0.3) is 10.1 Å². The first-order valence-electron chi connectivity index (χ1n) is 7.99. The van der Waals surface area contributed by atoms with Gasteiger partial charge in [-0.2, -0.15) is 0 Å². The van der Waals surface area contributed by atoms with Crippen LogP contribution < -0.4 is 10.0 Å². The van der Waals surface area contributed by atoms with Crippen molar-refractivity contribution < 1.29 is 12.8 Å². The summed E-state index contributed by atoms with van der Waals surface area (Å²) in [6, 6.07) is 10.0. The van der Waals surface area contributed by atoms with Crippen LogP contribution in [-0.2, 0) is 23.0 Å². The van der Waals surface area contributed by atoms with Gasteiger partial charge in [0.2, 0.25) is 0 Å². The second kappa shape index (κ2) is 7.15. The topological polar surface area (TPSA) is 58.2 Å². The molecular formula is C18H18ClFN2O2S2. The van der Waals surface area contributed by atoms with Crippen LogP contribution in [0.5, 0.6) is 0 Å². The third-order valence-corrected chi connectivity index (χ3v) is 7.74. The van der Waals surface area contributed by atoms with Crippen LogP contribution in [0.15, 0.2) is 40.6 Å². The number of hydrogen-bond acceptors (Lipinski definition) is 4.